The molecular weight excluding hydrogens is 555 g/mol. The van der Waals surface area contributed by atoms with Crippen LogP contribution in [-0.4, -0.2) is 66.7 Å². The van der Waals surface area contributed by atoms with Crippen LogP contribution in [0.15, 0.2) is 83.8 Å². The first-order chi connectivity index (χ1) is 20.2. The Morgan fingerprint density at radius 3 is 2.43 bits per heavy atom. The molecule has 3 aromatic rings. The Hall–Kier alpha value is -3.60. The smallest absolute Gasteiger partial charge is 0.293 e. The van der Waals surface area contributed by atoms with Gasteiger partial charge in [-0.2, -0.15) is 0 Å². The average Bonchev–Trinajstić information content (AvgIpc) is 2.98. The van der Waals surface area contributed by atoms with Gasteiger partial charge in [0.25, 0.3) is 12.4 Å². The molecule has 0 aliphatic rings. The van der Waals surface area contributed by atoms with Crippen LogP contribution in [0.25, 0.3) is 0 Å². The fraction of sp³-hybridized carbons (Fsp3) is 0.375. The minimum Gasteiger partial charge on any atom is -0.453 e. The number of halogens is 1. The molecule has 4 atom stereocenters. The molecule has 0 spiro atoms. The Morgan fingerprint density at radius 1 is 1.07 bits per heavy atom. The van der Waals surface area contributed by atoms with Gasteiger partial charge in [0.1, 0.15) is 5.82 Å². The number of aliphatic hydroxyl groups excluding tert-OH is 1. The van der Waals surface area contributed by atoms with Gasteiger partial charge in [-0.25, -0.2) is 8.70 Å². The van der Waals surface area contributed by atoms with E-state index in [1.54, 1.807) is 24.1 Å². The summed E-state index contributed by atoms with van der Waals surface area (Å²) in [6.07, 6.45) is -0.785. The van der Waals surface area contributed by atoms with Crippen molar-refractivity contribution in [3.05, 3.63) is 90.2 Å². The average molecular weight is 597 g/mol. The van der Waals surface area contributed by atoms with Crippen LogP contribution in [0.4, 0.5) is 15.8 Å². The number of amides is 1. The normalized spacial score (nSPS) is 14.0. The molecule has 0 fully saturated rings. The Labute approximate surface area is 252 Å². The highest BCUT2D eigenvalue weighted by molar-refractivity contribution is 7.97. The number of nitrogen functional groups attached to an aromatic ring is 1. The second-order valence-electron chi connectivity index (χ2n) is 10.5. The first kappa shape index (κ1) is 32.9. The van der Waals surface area contributed by atoms with Crippen LogP contribution in [0.5, 0.6) is 0 Å². The maximum atomic E-state index is 13.8. The third-order valence-electron chi connectivity index (χ3n) is 7.01. The third-order valence-corrected chi connectivity index (χ3v) is 8.05. The van der Waals surface area contributed by atoms with Gasteiger partial charge < -0.3 is 25.8 Å². The van der Waals surface area contributed by atoms with E-state index in [4.69, 9.17) is 10.5 Å². The molecule has 226 valence electrons. The predicted molar refractivity (Wildman–Crippen MR) is 166 cm³/mol. The minimum atomic E-state index is -1.18. The largest absolute Gasteiger partial charge is 0.453 e. The van der Waals surface area contributed by atoms with Crippen LogP contribution in [-0.2, 0) is 20.7 Å². The zero-order chi connectivity index (χ0) is 30.5. The molecule has 0 aliphatic carbocycles. The quantitative estimate of drug-likeness (QED) is 0.119. The number of anilines is 2. The molecular formula is C32H41FN4O4S. The monoisotopic (exact) mass is 596 g/mol. The van der Waals surface area contributed by atoms with E-state index in [9.17, 15) is 19.1 Å². The highest BCUT2D eigenvalue weighted by Crippen LogP contribution is 2.26. The number of benzene rings is 3. The van der Waals surface area contributed by atoms with E-state index >= 15 is 0 Å². The van der Waals surface area contributed by atoms with E-state index in [0.717, 1.165) is 23.4 Å². The van der Waals surface area contributed by atoms with Crippen molar-refractivity contribution in [3.8, 4) is 0 Å². The van der Waals surface area contributed by atoms with Gasteiger partial charge in [-0.15, -0.1) is 0 Å². The van der Waals surface area contributed by atoms with Crippen LogP contribution < -0.4 is 16.0 Å². The van der Waals surface area contributed by atoms with Crippen molar-refractivity contribution >= 4 is 35.7 Å². The number of carbonyl (C=O) groups is 2. The number of nitrogens with one attached hydrogen (secondary N) is 1. The van der Waals surface area contributed by atoms with Crippen LogP contribution in [0.3, 0.4) is 0 Å². The number of nitrogens with two attached hydrogens (primary N) is 1. The summed E-state index contributed by atoms with van der Waals surface area (Å²) < 4.78 is 21.0. The first-order valence-corrected chi connectivity index (χ1v) is 14.8. The lowest BCUT2D eigenvalue weighted by atomic mass is 10.00. The number of ether oxygens (including phenoxy) is 1. The van der Waals surface area contributed by atoms with Crippen molar-refractivity contribution in [3.63, 3.8) is 0 Å². The highest BCUT2D eigenvalue weighted by Gasteiger charge is 2.30. The number of likely N-dealkylation sites (N-methyl/N-ethyl adjacent to an activating group) is 1. The number of nitrogens with zero attached hydrogens (tertiary/aromatic N) is 2. The van der Waals surface area contributed by atoms with Gasteiger partial charge in [-0.3, -0.25) is 9.59 Å². The summed E-state index contributed by atoms with van der Waals surface area (Å²) in [5, 5.41) is 14.5. The lowest BCUT2D eigenvalue weighted by Crippen LogP contribution is -2.53. The highest BCUT2D eigenvalue weighted by atomic mass is 32.2. The fourth-order valence-electron chi connectivity index (χ4n) is 4.39. The maximum absolute atomic E-state index is 13.8. The van der Waals surface area contributed by atoms with Gasteiger partial charge in [0.15, 0.2) is 6.10 Å². The first-order valence-electron chi connectivity index (χ1n) is 14.0. The molecule has 1 amide bonds. The van der Waals surface area contributed by atoms with Crippen LogP contribution in [0.1, 0.15) is 25.8 Å². The Morgan fingerprint density at radius 2 is 1.79 bits per heavy atom. The Bertz CT molecular complexity index is 1250. The topological polar surface area (TPSA) is 108 Å². The van der Waals surface area contributed by atoms with E-state index in [-0.39, 0.29) is 19.6 Å². The summed E-state index contributed by atoms with van der Waals surface area (Å²) in [6.45, 7) is 5.50. The molecule has 42 heavy (non-hydrogen) atoms. The summed E-state index contributed by atoms with van der Waals surface area (Å²) in [6, 6.07) is 22.4. The van der Waals surface area contributed by atoms with Gasteiger partial charge in [0.05, 0.1) is 18.7 Å². The van der Waals surface area contributed by atoms with Crippen molar-refractivity contribution in [1.82, 2.24) is 9.62 Å². The molecule has 0 heterocycles. The summed E-state index contributed by atoms with van der Waals surface area (Å²) in [5.74, 6) is -0.587. The van der Waals surface area contributed by atoms with Crippen molar-refractivity contribution in [2.45, 2.75) is 49.8 Å². The number of carbonyl (C=O) groups excluding carboxylic acids is 2. The van der Waals surface area contributed by atoms with Gasteiger partial charge in [0.2, 0.25) is 0 Å². The van der Waals surface area contributed by atoms with Crippen molar-refractivity contribution in [2.75, 3.05) is 37.3 Å². The van der Waals surface area contributed by atoms with Crippen LogP contribution >= 0.6 is 11.9 Å². The SMILES string of the molecule is CCC(C)CN(CC(O)C(Cc1ccccc1)NC(=O)C(CN(C)c1cccc(F)c1)OC=O)Sc1ccc(N)cc1. The lowest BCUT2D eigenvalue weighted by Gasteiger charge is -2.32. The van der Waals surface area contributed by atoms with Crippen LogP contribution in [0, 0.1) is 11.7 Å². The molecule has 10 heteroatoms. The summed E-state index contributed by atoms with van der Waals surface area (Å²) in [5.41, 5.74) is 8.00. The number of rotatable bonds is 17. The van der Waals surface area contributed by atoms with E-state index < -0.39 is 30.0 Å². The molecule has 4 unspecified atom stereocenters. The number of hydrogen-bond acceptors (Lipinski definition) is 8. The molecule has 0 aromatic heterocycles. The molecule has 3 aromatic carbocycles. The standard InChI is InChI=1S/C32H41FN4O4S/c1-4-23(2)19-37(42-28-15-13-26(34)14-16-28)20-30(39)29(17-24-9-6-5-7-10-24)35-32(40)31(41-22-38)21-36(3)27-12-8-11-25(33)18-27/h5-16,18,22-23,29-31,39H,4,17,19-21,34H2,1-3H3,(H,35,40). The van der Waals surface area contributed by atoms with Crippen molar-refractivity contribution in [2.24, 2.45) is 5.92 Å². The Kier molecular flexibility index (Phi) is 13.1. The lowest BCUT2D eigenvalue weighted by molar-refractivity contribution is -0.145. The number of hydrogen-bond donors (Lipinski definition) is 3. The van der Waals surface area contributed by atoms with E-state index in [2.05, 4.69) is 23.5 Å². The Balaban J connectivity index is 1.79. The molecule has 0 saturated carbocycles. The molecule has 0 bridgehead atoms. The third kappa shape index (κ3) is 10.7. The van der Waals surface area contributed by atoms with Crippen molar-refractivity contribution < 1.29 is 23.8 Å². The number of aliphatic hydroxyl groups is 1. The van der Waals surface area contributed by atoms with E-state index in [1.165, 1.54) is 24.1 Å². The van der Waals surface area contributed by atoms with Gasteiger partial charge >= 0.3 is 0 Å². The maximum Gasteiger partial charge on any atom is 0.293 e. The molecule has 8 nitrogen and oxygen atoms in total. The zero-order valence-corrected chi connectivity index (χ0v) is 25.2. The van der Waals surface area contributed by atoms with Crippen molar-refractivity contribution in [1.29, 1.82) is 0 Å². The second kappa shape index (κ2) is 16.7. The summed E-state index contributed by atoms with van der Waals surface area (Å²) >= 11 is 1.53. The van der Waals surface area contributed by atoms with E-state index in [1.807, 2.05) is 54.6 Å². The molecule has 0 saturated heterocycles. The molecule has 3 rings (SSSR count). The molecule has 0 radical (unpaired) electrons. The van der Waals surface area contributed by atoms with Gasteiger partial charge in [-0.05, 0) is 72.3 Å². The minimum absolute atomic E-state index is 0.00465. The summed E-state index contributed by atoms with van der Waals surface area (Å²) in [4.78, 5) is 27.4. The van der Waals surface area contributed by atoms with Gasteiger partial charge in [-0.1, -0.05) is 56.7 Å². The van der Waals surface area contributed by atoms with Crippen LogP contribution in [0.2, 0.25) is 0 Å². The second-order valence-corrected chi connectivity index (χ2v) is 11.6. The molecule has 4 N–H and O–H groups in total. The summed E-state index contributed by atoms with van der Waals surface area (Å²) in [7, 11) is 1.68. The van der Waals surface area contributed by atoms with E-state index in [0.29, 0.717) is 23.7 Å². The molecule has 0 aliphatic heterocycles. The van der Waals surface area contributed by atoms with Gasteiger partial charge in [0, 0.05) is 36.4 Å². The zero-order valence-electron chi connectivity index (χ0n) is 24.4. The fourth-order valence-corrected chi connectivity index (χ4v) is 5.50. The predicted octanol–water partition coefficient (Wildman–Crippen LogP) is 4.53.